The second kappa shape index (κ2) is 9.72. The molecule has 2 heteroatoms. The fourth-order valence-electron chi connectivity index (χ4n) is 1.18. The minimum absolute atomic E-state index is 0.338. The van der Waals surface area contributed by atoms with Gasteiger partial charge in [-0.3, -0.25) is 0 Å². The first kappa shape index (κ1) is 16.7. The van der Waals surface area contributed by atoms with Crippen LogP contribution in [-0.4, -0.2) is 5.11 Å². The summed E-state index contributed by atoms with van der Waals surface area (Å²) in [7, 11) is 0. The van der Waals surface area contributed by atoms with Crippen LogP contribution < -0.4 is 0 Å². The molecule has 1 N–H and O–H groups in total. The van der Waals surface area contributed by atoms with Crippen LogP contribution in [0.1, 0.15) is 25.0 Å². The van der Waals surface area contributed by atoms with E-state index in [4.69, 9.17) is 5.11 Å². The quantitative estimate of drug-likeness (QED) is 0.683. The number of phenolic OH excluding ortho intramolecular Hbond substituents is 1. The van der Waals surface area contributed by atoms with Gasteiger partial charge in [-0.25, -0.2) is 0 Å². The van der Waals surface area contributed by atoms with Gasteiger partial charge in [0.15, 0.2) is 0 Å². The normalized spacial score (nSPS) is 8.50. The van der Waals surface area contributed by atoms with Crippen LogP contribution in [0.2, 0.25) is 0 Å². The Hall–Kier alpha value is -1.28. The largest absolute Gasteiger partial charge is 0.508 e. The molecule has 1 nitrogen and oxygen atoms in total. The van der Waals surface area contributed by atoms with Crippen LogP contribution in [0.5, 0.6) is 5.75 Å². The molecule has 0 spiro atoms. The Labute approximate surface area is 119 Å². The lowest BCUT2D eigenvalue weighted by Gasteiger charge is -1.91. The standard InChI is InChI=1S/C7H7Br.C7H8O.C2H6/c1-6-4-2-3-5-7(6)8;1-6-3-2-4-7(8)5-6;1-2/h2-5H,1H3;2-5,8H,1H3;1-2H3. The van der Waals surface area contributed by atoms with Gasteiger partial charge in [-0.1, -0.05) is 60.1 Å². The van der Waals surface area contributed by atoms with E-state index in [1.165, 1.54) is 10.0 Å². The van der Waals surface area contributed by atoms with Crippen molar-refractivity contribution in [3.8, 4) is 5.75 Å². The number of hydrogen-bond acceptors (Lipinski definition) is 1. The predicted molar refractivity (Wildman–Crippen MR) is 83.1 cm³/mol. The minimum Gasteiger partial charge on any atom is -0.508 e. The summed E-state index contributed by atoms with van der Waals surface area (Å²) in [6, 6.07) is 15.3. The van der Waals surface area contributed by atoms with Gasteiger partial charge in [0.25, 0.3) is 0 Å². The van der Waals surface area contributed by atoms with Crippen molar-refractivity contribution in [1.29, 1.82) is 0 Å². The minimum atomic E-state index is 0.338. The molecule has 0 bridgehead atoms. The molecule has 0 heterocycles. The van der Waals surface area contributed by atoms with Crippen molar-refractivity contribution in [2.75, 3.05) is 0 Å². The van der Waals surface area contributed by atoms with E-state index in [-0.39, 0.29) is 0 Å². The number of phenols is 1. The topological polar surface area (TPSA) is 20.2 Å². The number of rotatable bonds is 0. The average molecular weight is 309 g/mol. The third-order valence-corrected chi connectivity index (χ3v) is 2.97. The zero-order valence-corrected chi connectivity index (χ0v) is 13.0. The summed E-state index contributed by atoms with van der Waals surface area (Å²) < 4.78 is 1.18. The highest BCUT2D eigenvalue weighted by Gasteiger charge is 1.86. The van der Waals surface area contributed by atoms with Gasteiger partial charge in [0, 0.05) is 4.47 Å². The van der Waals surface area contributed by atoms with E-state index in [9.17, 15) is 0 Å². The monoisotopic (exact) mass is 308 g/mol. The van der Waals surface area contributed by atoms with E-state index < -0.39 is 0 Å². The van der Waals surface area contributed by atoms with E-state index in [1.807, 2.05) is 51.1 Å². The molecular weight excluding hydrogens is 288 g/mol. The first-order valence-electron chi connectivity index (χ1n) is 6.06. The third-order valence-electron chi connectivity index (χ3n) is 2.08. The van der Waals surface area contributed by atoms with Crippen LogP contribution in [0.15, 0.2) is 53.0 Å². The number of halogens is 1. The molecular formula is C16H21BrO. The van der Waals surface area contributed by atoms with Crippen molar-refractivity contribution in [3.63, 3.8) is 0 Å². The molecule has 0 aromatic heterocycles. The second-order valence-corrected chi connectivity index (χ2v) is 4.44. The summed E-state index contributed by atoms with van der Waals surface area (Å²) in [5.74, 6) is 0.338. The van der Waals surface area contributed by atoms with Crippen molar-refractivity contribution >= 4 is 15.9 Å². The summed E-state index contributed by atoms with van der Waals surface area (Å²) in [4.78, 5) is 0. The van der Waals surface area contributed by atoms with Gasteiger partial charge < -0.3 is 5.11 Å². The molecule has 0 saturated heterocycles. The number of aryl methyl sites for hydroxylation is 2. The van der Waals surface area contributed by atoms with Gasteiger partial charge in [-0.2, -0.15) is 0 Å². The molecule has 0 aliphatic heterocycles. The Morgan fingerprint density at radius 1 is 0.889 bits per heavy atom. The predicted octanol–water partition coefficient (Wildman–Crippen LogP) is 5.48. The highest BCUT2D eigenvalue weighted by atomic mass is 79.9. The zero-order chi connectivity index (χ0) is 14.0. The van der Waals surface area contributed by atoms with Crippen LogP contribution in [-0.2, 0) is 0 Å². The molecule has 18 heavy (non-hydrogen) atoms. The SMILES string of the molecule is CC.Cc1cccc(O)c1.Cc1ccccc1Br. The maximum Gasteiger partial charge on any atom is 0.115 e. The maximum absolute atomic E-state index is 8.81. The average Bonchev–Trinajstić information content (AvgIpc) is 2.36. The molecule has 2 aromatic carbocycles. The molecule has 2 aromatic rings. The lowest BCUT2D eigenvalue weighted by atomic mass is 10.2. The smallest absolute Gasteiger partial charge is 0.115 e. The molecule has 0 saturated carbocycles. The van der Waals surface area contributed by atoms with Crippen molar-refractivity contribution in [2.24, 2.45) is 0 Å². The first-order chi connectivity index (χ1) is 8.59. The molecule has 98 valence electrons. The van der Waals surface area contributed by atoms with Gasteiger partial charge in [-0.05, 0) is 43.2 Å². The van der Waals surface area contributed by atoms with Crippen molar-refractivity contribution in [1.82, 2.24) is 0 Å². The summed E-state index contributed by atoms with van der Waals surface area (Å²) >= 11 is 3.40. The summed E-state index contributed by atoms with van der Waals surface area (Å²) in [6.45, 7) is 8.02. The molecule has 0 aliphatic carbocycles. The molecule has 0 amide bonds. The molecule has 2 rings (SSSR count). The van der Waals surface area contributed by atoms with E-state index in [1.54, 1.807) is 12.1 Å². The molecule has 0 atom stereocenters. The van der Waals surface area contributed by atoms with Crippen molar-refractivity contribution in [2.45, 2.75) is 27.7 Å². The van der Waals surface area contributed by atoms with Crippen LogP contribution in [0.3, 0.4) is 0 Å². The third kappa shape index (κ3) is 7.13. The van der Waals surface area contributed by atoms with Crippen molar-refractivity contribution in [3.05, 3.63) is 64.1 Å². The van der Waals surface area contributed by atoms with Crippen LogP contribution in [0.4, 0.5) is 0 Å². The Kier molecular flexibility index (Phi) is 9.03. The van der Waals surface area contributed by atoms with Crippen molar-refractivity contribution < 1.29 is 5.11 Å². The first-order valence-corrected chi connectivity index (χ1v) is 6.85. The Balaban J connectivity index is 0.000000283. The zero-order valence-electron chi connectivity index (χ0n) is 11.4. The summed E-state index contributed by atoms with van der Waals surface area (Å²) in [5, 5.41) is 8.81. The fourth-order valence-corrected chi connectivity index (χ4v) is 1.46. The van der Waals surface area contributed by atoms with Crippen LogP contribution >= 0.6 is 15.9 Å². The Morgan fingerprint density at radius 2 is 1.50 bits per heavy atom. The van der Waals surface area contributed by atoms with Gasteiger partial charge >= 0.3 is 0 Å². The number of hydrogen-bond donors (Lipinski definition) is 1. The Bertz CT molecular complexity index is 414. The second-order valence-electron chi connectivity index (χ2n) is 3.59. The lowest BCUT2D eigenvalue weighted by molar-refractivity contribution is 0.475. The van der Waals surface area contributed by atoms with Crippen LogP contribution in [0.25, 0.3) is 0 Å². The van der Waals surface area contributed by atoms with Crippen LogP contribution in [0, 0.1) is 13.8 Å². The van der Waals surface area contributed by atoms with Gasteiger partial charge in [0.05, 0.1) is 0 Å². The summed E-state index contributed by atoms with van der Waals surface area (Å²) in [5.41, 5.74) is 2.37. The lowest BCUT2D eigenvalue weighted by Crippen LogP contribution is -1.69. The molecule has 0 radical (unpaired) electrons. The number of aromatic hydroxyl groups is 1. The molecule has 0 fully saturated rings. The van der Waals surface area contributed by atoms with E-state index >= 15 is 0 Å². The van der Waals surface area contributed by atoms with Gasteiger partial charge in [0.2, 0.25) is 0 Å². The van der Waals surface area contributed by atoms with E-state index in [0.717, 1.165) is 5.56 Å². The molecule has 0 aliphatic rings. The van der Waals surface area contributed by atoms with E-state index in [0.29, 0.717) is 5.75 Å². The highest BCUT2D eigenvalue weighted by Crippen LogP contribution is 2.13. The highest BCUT2D eigenvalue weighted by molar-refractivity contribution is 9.10. The number of benzene rings is 2. The molecule has 0 unspecified atom stereocenters. The maximum atomic E-state index is 8.81. The van der Waals surface area contributed by atoms with E-state index in [2.05, 4.69) is 28.9 Å². The van der Waals surface area contributed by atoms with Gasteiger partial charge in [0.1, 0.15) is 5.75 Å². The Morgan fingerprint density at radius 3 is 1.83 bits per heavy atom. The summed E-state index contributed by atoms with van der Waals surface area (Å²) in [6.07, 6.45) is 0. The van der Waals surface area contributed by atoms with Gasteiger partial charge in [-0.15, -0.1) is 0 Å². The fraction of sp³-hybridized carbons (Fsp3) is 0.250.